The van der Waals surface area contributed by atoms with Crippen LogP contribution in [0.25, 0.3) is 11.4 Å². The van der Waals surface area contributed by atoms with E-state index in [1.165, 1.54) is 24.4 Å². The number of primary amides is 1. The number of urea groups is 1. The van der Waals surface area contributed by atoms with Gasteiger partial charge in [-0.25, -0.2) is 4.79 Å². The smallest absolute Gasteiger partial charge is 0.323 e. The molecule has 0 radical (unpaired) electrons. The van der Waals surface area contributed by atoms with E-state index >= 15 is 0 Å². The van der Waals surface area contributed by atoms with Crippen molar-refractivity contribution in [3.8, 4) is 29.0 Å². The summed E-state index contributed by atoms with van der Waals surface area (Å²) >= 11 is 0. The summed E-state index contributed by atoms with van der Waals surface area (Å²) < 4.78 is 9.98. The number of methoxy groups -OCH3 is 1. The SMILES string of the molecule is COc1ccc2c(c1)C(=O)N(CC1(C#Cc3cncc(-c4noc(C(N)=O)n4)c3)NC(=O)NC1=O)C2. The Labute approximate surface area is 203 Å². The van der Waals surface area contributed by atoms with Crippen molar-refractivity contribution in [2.45, 2.75) is 12.1 Å². The van der Waals surface area contributed by atoms with Gasteiger partial charge in [0.25, 0.3) is 11.8 Å². The Kier molecular flexibility index (Phi) is 5.33. The van der Waals surface area contributed by atoms with E-state index in [9.17, 15) is 19.2 Å². The number of ether oxygens (including phenoxy) is 1. The highest BCUT2D eigenvalue weighted by molar-refractivity contribution is 6.10. The fourth-order valence-electron chi connectivity index (χ4n) is 3.86. The zero-order valence-corrected chi connectivity index (χ0v) is 18.7. The summed E-state index contributed by atoms with van der Waals surface area (Å²) in [5.41, 5.74) is 5.39. The highest BCUT2D eigenvalue weighted by Crippen LogP contribution is 2.28. The van der Waals surface area contributed by atoms with Gasteiger partial charge in [-0.1, -0.05) is 23.1 Å². The summed E-state index contributed by atoms with van der Waals surface area (Å²) in [6.07, 6.45) is 2.85. The van der Waals surface area contributed by atoms with Gasteiger partial charge in [-0.05, 0) is 23.8 Å². The first-order valence-electron chi connectivity index (χ1n) is 10.5. The van der Waals surface area contributed by atoms with Gasteiger partial charge in [-0.3, -0.25) is 24.7 Å². The van der Waals surface area contributed by atoms with Gasteiger partial charge in [0.05, 0.1) is 13.7 Å². The van der Waals surface area contributed by atoms with Gasteiger partial charge in [0, 0.05) is 35.6 Å². The fraction of sp³-hybridized carbons (Fsp3) is 0.174. The second-order valence-electron chi connectivity index (χ2n) is 8.00. The van der Waals surface area contributed by atoms with E-state index in [1.54, 1.807) is 24.3 Å². The van der Waals surface area contributed by atoms with Gasteiger partial charge in [0.1, 0.15) is 5.75 Å². The highest BCUT2D eigenvalue weighted by atomic mass is 16.5. The Balaban J connectivity index is 1.44. The van der Waals surface area contributed by atoms with E-state index in [4.69, 9.17) is 15.0 Å². The third-order valence-corrected chi connectivity index (χ3v) is 5.62. The summed E-state index contributed by atoms with van der Waals surface area (Å²) in [5, 5.41) is 8.41. The van der Waals surface area contributed by atoms with Gasteiger partial charge >= 0.3 is 17.8 Å². The first-order valence-corrected chi connectivity index (χ1v) is 10.5. The van der Waals surface area contributed by atoms with Gasteiger partial charge in [-0.2, -0.15) is 4.98 Å². The average molecular weight is 487 g/mol. The normalized spacial score (nSPS) is 18.2. The van der Waals surface area contributed by atoms with Crippen molar-refractivity contribution in [1.29, 1.82) is 0 Å². The molecular weight excluding hydrogens is 470 g/mol. The zero-order chi connectivity index (χ0) is 25.4. The number of hydrogen-bond acceptors (Lipinski definition) is 9. The Morgan fingerprint density at radius 1 is 1.28 bits per heavy atom. The summed E-state index contributed by atoms with van der Waals surface area (Å²) in [6, 6.07) is 5.98. The number of imide groups is 1. The topological polar surface area (TPSA) is 183 Å². The van der Waals surface area contributed by atoms with Crippen LogP contribution in [-0.4, -0.2) is 63.0 Å². The van der Waals surface area contributed by atoms with Crippen molar-refractivity contribution in [3.63, 3.8) is 0 Å². The van der Waals surface area contributed by atoms with E-state index in [2.05, 4.69) is 37.6 Å². The largest absolute Gasteiger partial charge is 0.497 e. The number of nitrogens with zero attached hydrogens (tertiary/aromatic N) is 4. The third-order valence-electron chi connectivity index (χ3n) is 5.62. The van der Waals surface area contributed by atoms with E-state index in [-0.39, 0.29) is 30.7 Å². The maximum atomic E-state index is 13.0. The van der Waals surface area contributed by atoms with Crippen molar-refractivity contribution in [2.75, 3.05) is 13.7 Å². The number of benzene rings is 1. The maximum Gasteiger partial charge on any atom is 0.323 e. The van der Waals surface area contributed by atoms with Crippen molar-refractivity contribution in [1.82, 2.24) is 30.7 Å². The summed E-state index contributed by atoms with van der Waals surface area (Å²) in [7, 11) is 1.50. The van der Waals surface area contributed by atoms with E-state index in [0.717, 1.165) is 5.56 Å². The van der Waals surface area contributed by atoms with Gasteiger partial charge in [0.2, 0.25) is 11.4 Å². The molecule has 1 atom stereocenters. The third kappa shape index (κ3) is 3.96. The molecule has 2 aromatic heterocycles. The number of nitrogens with two attached hydrogens (primary N) is 1. The van der Waals surface area contributed by atoms with Crippen LogP contribution >= 0.6 is 0 Å². The van der Waals surface area contributed by atoms with Crippen LogP contribution in [0, 0.1) is 11.8 Å². The molecule has 0 aliphatic carbocycles. The molecular formula is C23H17N7O6. The molecule has 0 spiro atoms. The standard InChI is InChI=1S/C23H17N7O6/c1-35-15-3-2-13-10-30(20(32)16(13)7-15)11-23(21(33)27-22(34)28-23)5-4-12-6-14(9-25-8-12)18-26-19(17(24)31)36-29-18/h2-3,6-9H,10-11H2,1H3,(H2,24,31)(H2,27,28,33,34). The van der Waals surface area contributed by atoms with Crippen molar-refractivity contribution in [2.24, 2.45) is 5.73 Å². The van der Waals surface area contributed by atoms with Crippen LogP contribution in [-0.2, 0) is 11.3 Å². The predicted octanol–water partition coefficient (Wildman–Crippen LogP) is -0.175. The lowest BCUT2D eigenvalue weighted by molar-refractivity contribution is -0.122. The summed E-state index contributed by atoms with van der Waals surface area (Å²) in [5.74, 6) is 3.98. The molecule has 2 aliphatic rings. The molecule has 180 valence electrons. The Morgan fingerprint density at radius 3 is 2.81 bits per heavy atom. The Morgan fingerprint density at radius 2 is 2.11 bits per heavy atom. The summed E-state index contributed by atoms with van der Waals surface area (Å²) in [6.45, 7) is 0.0507. The second kappa shape index (κ2) is 8.51. The van der Waals surface area contributed by atoms with Crippen LogP contribution in [0.2, 0.25) is 0 Å². The molecule has 13 heteroatoms. The van der Waals surface area contributed by atoms with Gasteiger partial charge < -0.3 is 25.2 Å². The van der Waals surface area contributed by atoms with Gasteiger partial charge in [0.15, 0.2) is 0 Å². The molecule has 4 N–H and O–H groups in total. The number of aromatic nitrogens is 3. The molecule has 0 bridgehead atoms. The van der Waals surface area contributed by atoms with Crippen LogP contribution in [0.3, 0.4) is 0 Å². The number of nitrogens with one attached hydrogen (secondary N) is 2. The number of amides is 5. The van der Waals surface area contributed by atoms with Gasteiger partial charge in [-0.15, -0.1) is 0 Å². The second-order valence-corrected chi connectivity index (χ2v) is 8.00. The molecule has 4 heterocycles. The molecule has 13 nitrogen and oxygen atoms in total. The maximum absolute atomic E-state index is 13.0. The highest BCUT2D eigenvalue weighted by Gasteiger charge is 2.48. The minimum absolute atomic E-state index is 0.0671. The Bertz CT molecular complexity index is 1500. The number of pyridine rings is 1. The summed E-state index contributed by atoms with van der Waals surface area (Å²) in [4.78, 5) is 58.5. The molecule has 1 saturated heterocycles. The van der Waals surface area contributed by atoms with E-state index < -0.39 is 23.4 Å². The van der Waals surface area contributed by atoms with Crippen molar-refractivity contribution < 1.29 is 28.4 Å². The molecule has 1 aromatic carbocycles. The van der Waals surface area contributed by atoms with Crippen LogP contribution < -0.4 is 21.1 Å². The fourth-order valence-corrected chi connectivity index (χ4v) is 3.86. The number of hydrogen-bond donors (Lipinski definition) is 3. The van der Waals surface area contributed by atoms with Crippen molar-refractivity contribution in [3.05, 3.63) is 59.2 Å². The zero-order valence-electron chi connectivity index (χ0n) is 18.7. The minimum Gasteiger partial charge on any atom is -0.497 e. The van der Waals surface area contributed by atoms with Crippen LogP contribution in [0.1, 0.15) is 32.2 Å². The molecule has 2 aliphatic heterocycles. The number of fused-ring (bicyclic) bond motifs is 1. The molecule has 1 fully saturated rings. The van der Waals surface area contributed by atoms with Crippen LogP contribution in [0.5, 0.6) is 5.75 Å². The Hall–Kier alpha value is -5.25. The predicted molar refractivity (Wildman–Crippen MR) is 120 cm³/mol. The minimum atomic E-state index is -1.69. The van der Waals surface area contributed by atoms with Crippen LogP contribution in [0.4, 0.5) is 4.79 Å². The first-order chi connectivity index (χ1) is 17.3. The molecule has 0 saturated carbocycles. The molecule has 3 aromatic rings. The molecule has 36 heavy (non-hydrogen) atoms. The van der Waals surface area contributed by atoms with E-state index in [0.29, 0.717) is 22.4 Å². The van der Waals surface area contributed by atoms with E-state index in [1.807, 2.05) is 0 Å². The van der Waals surface area contributed by atoms with Crippen molar-refractivity contribution >= 4 is 23.8 Å². The molecule has 1 unspecified atom stereocenters. The number of carbonyl (C=O) groups is 4. The first kappa shape index (κ1) is 22.5. The average Bonchev–Trinajstić information content (AvgIpc) is 3.55. The number of rotatable bonds is 5. The quantitative estimate of drug-likeness (QED) is 0.325. The van der Waals surface area contributed by atoms with Crippen LogP contribution in [0.15, 0.2) is 41.2 Å². The lowest BCUT2D eigenvalue weighted by Crippen LogP contribution is -2.54. The lowest BCUT2D eigenvalue weighted by atomic mass is 9.99. The lowest BCUT2D eigenvalue weighted by Gasteiger charge is -2.26. The molecule has 5 amide bonds. The molecule has 5 rings (SSSR count). The monoisotopic (exact) mass is 487 g/mol. The number of carbonyl (C=O) groups excluding carboxylic acids is 4.